The van der Waals surface area contributed by atoms with Gasteiger partial charge in [0.1, 0.15) is 0 Å². The first-order valence-corrected chi connectivity index (χ1v) is 51.2. The highest BCUT2D eigenvalue weighted by Crippen LogP contribution is 2.24. The SMILES string of the molecule is CC(C)CC(=O)N1CCCC1.CC(C)CC(=O)N1CCCCC1.CC(C)CC(=O)N1CCNCC1.CC(C)CC(=O)N1CCOCC1.CC(C)CC(O)c1ccccc1.CC(C)CCc1ccccc1.CC(C)C[C@@H](O)c1ccccc1.CC(C)C[C@H](O)c1ccccc1.CC(C)Cc1ccccc1.CC(C)Cc1ccccn1.CC(C)Cc1cccnc1.CC(C)Cc1ccncc1. The summed E-state index contributed by atoms with van der Waals surface area (Å²) >= 11 is 0. The molecule has 1 unspecified atom stereocenters. The highest BCUT2D eigenvalue weighted by molar-refractivity contribution is 5.78. The average Bonchev–Trinajstić information content (AvgIpc) is 1.83. The molecule has 4 saturated heterocycles. The monoisotopic (exact) mass is 1850 g/mol. The van der Waals surface area contributed by atoms with Crippen LogP contribution in [0.1, 0.15) is 313 Å². The van der Waals surface area contributed by atoms with Crippen LogP contribution in [0.15, 0.2) is 225 Å². The summed E-state index contributed by atoms with van der Waals surface area (Å²) in [6, 6.07) is 65.0. The minimum absolute atomic E-state index is 0.272. The fourth-order valence-electron chi connectivity index (χ4n) is 14.6. The molecule has 3 aromatic heterocycles. The molecule has 3 atom stereocenters. The third-order valence-corrected chi connectivity index (χ3v) is 21.4. The molecule has 4 N–H and O–H groups in total. The van der Waals surface area contributed by atoms with Crippen LogP contribution in [0.5, 0.6) is 0 Å². The molecule has 4 fully saturated rings. The summed E-state index contributed by atoms with van der Waals surface area (Å²) in [4.78, 5) is 66.0. The van der Waals surface area contributed by atoms with Gasteiger partial charge >= 0.3 is 0 Å². The number of carbonyl (C=O) groups is 4. The highest BCUT2D eigenvalue weighted by Gasteiger charge is 2.22. The number of ether oxygens (including phenoxy) is 1. The summed E-state index contributed by atoms with van der Waals surface area (Å²) in [6.07, 6.45) is 26.9. The number of likely N-dealkylation sites (tertiary alicyclic amines) is 2. The number of benzene rings is 5. The maximum atomic E-state index is 11.5. The molecule has 0 saturated carbocycles. The van der Waals surface area contributed by atoms with Gasteiger partial charge in [0.2, 0.25) is 23.6 Å². The van der Waals surface area contributed by atoms with E-state index >= 15 is 0 Å². The number of carbonyl (C=O) groups excluding carboxylic acids is 4. The maximum Gasteiger partial charge on any atom is 0.222 e. The molecule has 134 heavy (non-hydrogen) atoms. The van der Waals surface area contributed by atoms with Gasteiger partial charge in [0, 0.05) is 128 Å². The van der Waals surface area contributed by atoms with Crippen molar-refractivity contribution in [1.82, 2.24) is 39.9 Å². The van der Waals surface area contributed by atoms with Crippen LogP contribution in [0.25, 0.3) is 0 Å². The van der Waals surface area contributed by atoms with Crippen molar-refractivity contribution in [2.45, 2.75) is 300 Å². The second kappa shape index (κ2) is 77.3. The van der Waals surface area contributed by atoms with Crippen LogP contribution in [0, 0.1) is 71.0 Å². The van der Waals surface area contributed by atoms with Gasteiger partial charge in [-0.25, -0.2) is 0 Å². The summed E-state index contributed by atoms with van der Waals surface area (Å²) in [6.45, 7) is 62.2. The average molecular weight is 1850 g/mol. The molecule has 8 aromatic rings. The van der Waals surface area contributed by atoms with E-state index in [0.717, 1.165) is 157 Å². The quantitative estimate of drug-likeness (QED) is 0.0362. The van der Waals surface area contributed by atoms with Gasteiger partial charge in [-0.15, -0.1) is 0 Å². The van der Waals surface area contributed by atoms with Gasteiger partial charge in [0.15, 0.2) is 0 Å². The minimum atomic E-state index is -0.300. The number of hydrogen-bond donors (Lipinski definition) is 4. The summed E-state index contributed by atoms with van der Waals surface area (Å²) in [5, 5.41) is 32.3. The van der Waals surface area contributed by atoms with E-state index in [1.54, 1.807) is 0 Å². The topological polar surface area (TPSA) is 202 Å². The van der Waals surface area contributed by atoms with E-state index in [4.69, 9.17) is 4.74 Å². The lowest BCUT2D eigenvalue weighted by Gasteiger charge is -2.28. The summed E-state index contributed by atoms with van der Waals surface area (Å²) in [7, 11) is 0. The van der Waals surface area contributed by atoms with Crippen LogP contribution < -0.4 is 5.32 Å². The number of pyridine rings is 3. The predicted octanol–water partition coefficient (Wildman–Crippen LogP) is 26.4. The largest absolute Gasteiger partial charge is 0.388 e. The minimum Gasteiger partial charge on any atom is -0.388 e. The molecule has 16 heteroatoms. The van der Waals surface area contributed by atoms with Gasteiger partial charge in [-0.05, 0) is 230 Å². The Morgan fingerprint density at radius 2 is 0.612 bits per heavy atom. The maximum absolute atomic E-state index is 11.5. The Kier molecular flexibility index (Phi) is 71.1. The second-order valence-corrected chi connectivity index (χ2v) is 41.0. The number of morpholine rings is 1. The van der Waals surface area contributed by atoms with E-state index in [2.05, 4.69) is 271 Å². The Bertz CT molecular complexity index is 3630. The molecule has 7 heterocycles. The molecular weight excluding hydrogens is 1660 g/mol. The van der Waals surface area contributed by atoms with E-state index in [9.17, 15) is 34.5 Å². The van der Waals surface area contributed by atoms with Gasteiger partial charge in [-0.2, -0.15) is 0 Å². The number of rotatable bonds is 28. The second-order valence-electron chi connectivity index (χ2n) is 41.0. The van der Waals surface area contributed by atoms with Crippen molar-refractivity contribution in [2.24, 2.45) is 71.0 Å². The van der Waals surface area contributed by atoms with Crippen LogP contribution in [0.3, 0.4) is 0 Å². The van der Waals surface area contributed by atoms with Gasteiger partial charge in [0.25, 0.3) is 0 Å². The number of nitrogens with one attached hydrogen (secondary N) is 1. The summed E-state index contributed by atoms with van der Waals surface area (Å²) < 4.78 is 5.16. The normalized spacial score (nSPS) is 13.9. The van der Waals surface area contributed by atoms with Crippen LogP contribution in [-0.2, 0) is 56.0 Å². The third kappa shape index (κ3) is 69.1. The number of piperazine rings is 1. The lowest BCUT2D eigenvalue weighted by molar-refractivity contribution is -0.136. The first kappa shape index (κ1) is 123. The molecular formula is C118H188N8O8. The number of nitrogens with zero attached hydrogens (tertiary/aromatic N) is 7. The fraction of sp³-hybridized carbons (Fsp3) is 0.585. The van der Waals surface area contributed by atoms with Crippen molar-refractivity contribution in [3.63, 3.8) is 0 Å². The zero-order valence-electron chi connectivity index (χ0n) is 88.2. The lowest BCUT2D eigenvalue weighted by Crippen LogP contribution is -2.46. The van der Waals surface area contributed by atoms with E-state index in [0.29, 0.717) is 91.1 Å². The molecule has 16 nitrogen and oxygen atoms in total. The number of hydrogen-bond acceptors (Lipinski definition) is 12. The molecule has 0 bridgehead atoms. The Labute approximate surface area is 817 Å². The first-order valence-electron chi connectivity index (χ1n) is 51.2. The number of aryl methyl sites for hydroxylation is 1. The first-order chi connectivity index (χ1) is 63.8. The van der Waals surface area contributed by atoms with Gasteiger partial charge in [-0.3, -0.25) is 34.1 Å². The van der Waals surface area contributed by atoms with Crippen molar-refractivity contribution in [2.75, 3.05) is 78.7 Å². The predicted molar refractivity (Wildman–Crippen MR) is 566 cm³/mol. The van der Waals surface area contributed by atoms with Gasteiger partial charge in [-0.1, -0.05) is 330 Å². The molecule has 0 aliphatic carbocycles. The number of aliphatic hydroxyl groups is 3. The van der Waals surface area contributed by atoms with Crippen LogP contribution >= 0.6 is 0 Å². The Hall–Kier alpha value is -8.77. The summed E-state index contributed by atoms with van der Waals surface area (Å²) in [5.74, 6) is 8.59. The number of piperidine rings is 1. The van der Waals surface area contributed by atoms with E-state index in [1.807, 2.05) is 160 Å². The van der Waals surface area contributed by atoms with Gasteiger partial charge < -0.3 is 45.0 Å². The van der Waals surface area contributed by atoms with Crippen molar-refractivity contribution < 1.29 is 39.2 Å². The summed E-state index contributed by atoms with van der Waals surface area (Å²) in [5.41, 5.74) is 9.86. The van der Waals surface area contributed by atoms with E-state index in [-0.39, 0.29) is 24.2 Å². The van der Waals surface area contributed by atoms with Crippen LogP contribution in [0.2, 0.25) is 0 Å². The highest BCUT2D eigenvalue weighted by atomic mass is 16.5. The van der Waals surface area contributed by atoms with Crippen molar-refractivity contribution in [1.29, 1.82) is 0 Å². The van der Waals surface area contributed by atoms with Crippen molar-refractivity contribution >= 4 is 23.6 Å². The van der Waals surface area contributed by atoms with E-state index in [1.165, 1.54) is 79.3 Å². The molecule has 748 valence electrons. The van der Waals surface area contributed by atoms with Crippen LogP contribution in [-0.4, -0.2) is 152 Å². The molecule has 12 rings (SSSR count). The number of aromatic nitrogens is 3. The van der Waals surface area contributed by atoms with Crippen molar-refractivity contribution in [3.8, 4) is 0 Å². The van der Waals surface area contributed by atoms with Gasteiger partial charge in [0.05, 0.1) is 31.5 Å². The molecule has 5 aromatic carbocycles. The Balaban J connectivity index is 0.000000731. The standard InChI is InChI=1S/3C11H16O.C11H16.C10H19NO.C10H14.C9H18N2O.C9H17NO2.C9H17NO.3C9H13N/c3*1-9(2)8-11(12)10-6-4-3-5-7-10;1-10(2)8-9-11-6-4-3-5-7-11;1-9(2)8-10(12)11-6-4-3-5-7-11;1-9(2)8-10-6-4-3-5-7-10;1-8(2)7-9(12)11-5-3-10-4-6-11;1-8(2)7-9(11)10-3-5-12-6-4-10;1-8(2)7-9(11)10-5-3-4-6-10;1-8(2)7-9-3-5-10-6-4-9;1-8(2)6-9-4-3-5-10-7-9;1-8(2)7-9-5-3-4-6-10-9/h3*3-7,9,11-12H,8H2,1-2H3;3-7,10H,8-9H2,1-2H3;9H,3-8H2,1-2H3;3-7,9H,8H2,1-2H3;8,10H,3-7H2,1-2H3;8H,3-7H2,1-2H3;8H,3-7H2,1-2H3;3-6,8H,7H2,1-2H3;3-5,7-8H,6H2,1-2H3;3-6,8H,7H2,1-2H3/t2*11-;;;;;;;;;;/m10........../s1. The Morgan fingerprint density at radius 3 is 0.933 bits per heavy atom. The molecule has 4 aliphatic rings. The van der Waals surface area contributed by atoms with Crippen molar-refractivity contribution in [3.05, 3.63) is 270 Å². The molecule has 4 aliphatic heterocycles. The third-order valence-electron chi connectivity index (χ3n) is 21.4. The Morgan fingerprint density at radius 1 is 0.299 bits per heavy atom. The smallest absolute Gasteiger partial charge is 0.222 e. The zero-order chi connectivity index (χ0) is 99.8. The molecule has 4 amide bonds. The number of amides is 4. The zero-order valence-corrected chi connectivity index (χ0v) is 88.2. The number of aliphatic hydroxyl groups excluding tert-OH is 3. The molecule has 0 spiro atoms. The van der Waals surface area contributed by atoms with E-state index < -0.39 is 0 Å². The van der Waals surface area contributed by atoms with Crippen LogP contribution in [0.4, 0.5) is 0 Å². The molecule has 0 radical (unpaired) electrons. The lowest BCUT2D eigenvalue weighted by atomic mass is 10.00. The fourth-order valence-corrected chi connectivity index (χ4v) is 14.6.